The Kier molecular flexibility index (Phi) is 11.0. The first kappa shape index (κ1) is 35.3. The molecule has 2 aliphatic rings. The molecule has 20 heteroatoms. The summed E-state index contributed by atoms with van der Waals surface area (Å²) in [5, 5.41) is 25.7. The van der Waals surface area contributed by atoms with Gasteiger partial charge in [0, 0.05) is 32.2 Å². The molecule has 0 saturated carbocycles. The zero-order chi connectivity index (χ0) is 33.3. The molecule has 2 saturated heterocycles. The highest BCUT2D eigenvalue weighted by Crippen LogP contribution is 2.40. The van der Waals surface area contributed by atoms with Gasteiger partial charge in [-0.2, -0.15) is 8.61 Å². The number of sulfonamides is 2. The molecule has 0 aromatic heterocycles. The SMILES string of the molecule is O=C(Nc1ccc(Cl)c(S(=O)(=O)N2CCC2)c1O)Nc1cccc(Cl)c1Cl.O=[N+]([O-])c1ccc(Cl)c(S(=O)(=O)N2CCC2)c1Cl. The smallest absolute Gasteiger partial charge is 0.323 e. The second-order valence-electron chi connectivity index (χ2n) is 9.44. The molecule has 5 rings (SSSR count). The Balaban J connectivity index is 0.000000222. The van der Waals surface area contributed by atoms with Crippen molar-refractivity contribution in [3.05, 3.63) is 77.7 Å². The molecule has 0 spiro atoms. The van der Waals surface area contributed by atoms with Crippen LogP contribution in [0.15, 0.2) is 52.3 Å². The third-order valence-corrected chi connectivity index (χ3v) is 12.7. The number of hydrogen-bond donors (Lipinski definition) is 3. The van der Waals surface area contributed by atoms with Crippen LogP contribution in [0.2, 0.25) is 25.1 Å². The van der Waals surface area contributed by atoms with E-state index in [0.29, 0.717) is 26.2 Å². The monoisotopic (exact) mass is 759 g/mol. The number of rotatable bonds is 7. The number of aromatic hydroxyl groups is 1. The molecule has 2 aliphatic heterocycles. The molecule has 0 bridgehead atoms. The van der Waals surface area contributed by atoms with Crippen LogP contribution in [0, 0.1) is 10.1 Å². The van der Waals surface area contributed by atoms with Gasteiger partial charge in [0.05, 0.1) is 36.4 Å². The van der Waals surface area contributed by atoms with E-state index in [0.717, 1.165) is 25.0 Å². The highest BCUT2D eigenvalue weighted by molar-refractivity contribution is 7.89. The third kappa shape index (κ3) is 7.37. The number of halogens is 5. The molecule has 0 aliphatic carbocycles. The first-order valence-electron chi connectivity index (χ1n) is 12.7. The van der Waals surface area contributed by atoms with E-state index in [1.165, 1.54) is 26.8 Å². The van der Waals surface area contributed by atoms with Gasteiger partial charge in [-0.15, -0.1) is 0 Å². The van der Waals surface area contributed by atoms with Gasteiger partial charge in [-0.05, 0) is 43.2 Å². The Morgan fingerprint density at radius 1 is 0.733 bits per heavy atom. The van der Waals surface area contributed by atoms with Crippen molar-refractivity contribution < 1.29 is 31.7 Å². The maximum atomic E-state index is 12.6. The lowest BCUT2D eigenvalue weighted by molar-refractivity contribution is -0.384. The van der Waals surface area contributed by atoms with Crippen molar-refractivity contribution in [3.8, 4) is 5.75 Å². The second kappa shape index (κ2) is 14.0. The zero-order valence-electron chi connectivity index (χ0n) is 22.6. The number of nitro groups is 1. The lowest BCUT2D eigenvalue weighted by Gasteiger charge is -2.30. The van der Waals surface area contributed by atoms with Crippen molar-refractivity contribution in [2.45, 2.75) is 22.6 Å². The minimum absolute atomic E-state index is 0.113. The van der Waals surface area contributed by atoms with Gasteiger partial charge in [0.1, 0.15) is 14.8 Å². The topological polar surface area (TPSA) is 179 Å². The number of phenols is 1. The van der Waals surface area contributed by atoms with Gasteiger partial charge in [0.25, 0.3) is 5.69 Å². The van der Waals surface area contributed by atoms with Crippen LogP contribution in [-0.4, -0.2) is 67.7 Å². The molecule has 242 valence electrons. The Labute approximate surface area is 282 Å². The van der Waals surface area contributed by atoms with Crippen molar-refractivity contribution in [2.75, 3.05) is 36.8 Å². The van der Waals surface area contributed by atoms with E-state index in [-0.39, 0.29) is 36.4 Å². The molecular formula is C25H22Cl5N5O8S2. The van der Waals surface area contributed by atoms with Gasteiger partial charge in [-0.25, -0.2) is 21.6 Å². The average molecular weight is 762 g/mol. The van der Waals surface area contributed by atoms with Gasteiger partial charge < -0.3 is 15.7 Å². The minimum atomic E-state index is -3.95. The standard InChI is InChI=1S/C16H14Cl3N3O4S.C9H8Cl2N2O4S/c17-9-3-1-4-11(13(9)19)20-16(24)21-12-6-5-10(18)15(14(12)23)27(25,26)22-7-2-8-22;10-6-2-3-7(13(14)15)8(11)9(6)18(16,17)12-4-1-5-12/h1,3-6,23H,2,7-8H2,(H2,20,21,24);2-3H,1,4-5H2. The second-order valence-corrected chi connectivity index (χ2v) is 15.2. The molecule has 0 atom stereocenters. The molecule has 13 nitrogen and oxygen atoms in total. The fraction of sp³-hybridized carbons (Fsp3) is 0.240. The highest BCUT2D eigenvalue weighted by Gasteiger charge is 2.36. The first-order chi connectivity index (χ1) is 21.1. The van der Waals surface area contributed by atoms with Gasteiger partial charge >= 0.3 is 6.03 Å². The van der Waals surface area contributed by atoms with E-state index in [9.17, 15) is 36.9 Å². The molecule has 0 radical (unpaired) electrons. The lowest BCUT2D eigenvalue weighted by Crippen LogP contribution is -2.42. The van der Waals surface area contributed by atoms with E-state index in [4.69, 9.17) is 58.0 Å². The molecule has 0 unspecified atom stereocenters. The molecule has 2 amide bonds. The van der Waals surface area contributed by atoms with Crippen molar-refractivity contribution in [1.82, 2.24) is 8.61 Å². The van der Waals surface area contributed by atoms with Crippen molar-refractivity contribution >= 4 is 101 Å². The van der Waals surface area contributed by atoms with Crippen molar-refractivity contribution in [2.24, 2.45) is 0 Å². The Hall–Kier alpha value is -2.60. The number of urea groups is 1. The molecule has 3 N–H and O–H groups in total. The lowest BCUT2D eigenvalue weighted by atomic mass is 10.3. The number of phenolic OH excluding ortho intramolecular Hbond substituents is 1. The van der Waals surface area contributed by atoms with Crippen LogP contribution < -0.4 is 10.6 Å². The van der Waals surface area contributed by atoms with Gasteiger partial charge in [-0.3, -0.25) is 10.1 Å². The fourth-order valence-corrected chi connectivity index (χ4v) is 9.11. The number of hydrogen-bond acceptors (Lipinski definition) is 8. The van der Waals surface area contributed by atoms with E-state index < -0.39 is 52.4 Å². The summed E-state index contributed by atoms with van der Waals surface area (Å²) in [4.78, 5) is 21.4. The van der Waals surface area contributed by atoms with Crippen LogP contribution in [0.4, 0.5) is 21.9 Å². The molecule has 45 heavy (non-hydrogen) atoms. The summed E-state index contributed by atoms with van der Waals surface area (Å²) in [6.07, 6.45) is 1.49. The largest absolute Gasteiger partial charge is 0.504 e. The average Bonchev–Trinajstić information content (AvgIpc) is 2.86. The number of nitrogens with one attached hydrogen (secondary N) is 2. The van der Waals surface area contributed by atoms with Crippen LogP contribution in [0.1, 0.15) is 12.8 Å². The van der Waals surface area contributed by atoms with Crippen LogP contribution in [0.3, 0.4) is 0 Å². The first-order valence-corrected chi connectivity index (χ1v) is 17.5. The van der Waals surface area contributed by atoms with Crippen molar-refractivity contribution in [1.29, 1.82) is 0 Å². The van der Waals surface area contributed by atoms with E-state index in [1.807, 2.05) is 0 Å². The number of carbonyl (C=O) groups excluding carboxylic acids is 1. The van der Waals surface area contributed by atoms with E-state index >= 15 is 0 Å². The van der Waals surface area contributed by atoms with E-state index in [1.54, 1.807) is 12.1 Å². The maximum Gasteiger partial charge on any atom is 0.323 e. The third-order valence-electron chi connectivity index (χ3n) is 6.58. The zero-order valence-corrected chi connectivity index (χ0v) is 28.0. The summed E-state index contributed by atoms with van der Waals surface area (Å²) in [5.74, 6) is -0.637. The molecule has 2 fully saturated rings. The summed E-state index contributed by atoms with van der Waals surface area (Å²) in [7, 11) is -7.81. The number of anilines is 2. The van der Waals surface area contributed by atoms with Crippen molar-refractivity contribution in [3.63, 3.8) is 0 Å². The van der Waals surface area contributed by atoms with Gasteiger partial charge in [0.15, 0.2) is 5.75 Å². The van der Waals surface area contributed by atoms with Crippen LogP contribution in [-0.2, 0) is 20.0 Å². The summed E-state index contributed by atoms with van der Waals surface area (Å²) >= 11 is 29.5. The van der Waals surface area contributed by atoms with Gasteiger partial charge in [0.2, 0.25) is 20.0 Å². The van der Waals surface area contributed by atoms with Crippen LogP contribution in [0.25, 0.3) is 0 Å². The molecule has 3 aromatic rings. The van der Waals surface area contributed by atoms with Crippen LogP contribution >= 0.6 is 58.0 Å². The normalized spacial score (nSPS) is 15.2. The number of amides is 2. The number of benzene rings is 3. The van der Waals surface area contributed by atoms with Crippen LogP contribution in [0.5, 0.6) is 5.75 Å². The summed E-state index contributed by atoms with van der Waals surface area (Å²) in [5.41, 5.74) is -0.335. The van der Waals surface area contributed by atoms with Gasteiger partial charge in [-0.1, -0.05) is 64.1 Å². The Bertz CT molecular complexity index is 1890. The number of nitro benzene ring substituents is 1. The molecular weight excluding hydrogens is 740 g/mol. The summed E-state index contributed by atoms with van der Waals surface area (Å²) < 4.78 is 51.9. The maximum absolute atomic E-state index is 12.6. The molecule has 2 heterocycles. The quantitative estimate of drug-likeness (QED) is 0.135. The summed E-state index contributed by atoms with van der Waals surface area (Å²) in [6, 6.07) is 8.78. The minimum Gasteiger partial charge on any atom is -0.504 e. The highest BCUT2D eigenvalue weighted by atomic mass is 35.5. The predicted octanol–water partition coefficient (Wildman–Crippen LogP) is 6.69. The predicted molar refractivity (Wildman–Crippen MR) is 172 cm³/mol. The molecule has 3 aromatic carbocycles. The Morgan fingerprint density at radius 3 is 1.78 bits per heavy atom. The fourth-order valence-electron chi connectivity index (χ4n) is 3.98. The summed E-state index contributed by atoms with van der Waals surface area (Å²) in [6.45, 7) is 1.45. The van der Waals surface area contributed by atoms with E-state index in [2.05, 4.69) is 10.6 Å². The number of carbonyl (C=O) groups is 1. The Morgan fingerprint density at radius 2 is 1.24 bits per heavy atom. The number of nitrogens with zero attached hydrogens (tertiary/aromatic N) is 3.